The molecule has 2 heterocycles. The van der Waals surface area contributed by atoms with Crippen molar-refractivity contribution in [1.29, 1.82) is 0 Å². The summed E-state index contributed by atoms with van der Waals surface area (Å²) in [5.74, 6) is 1.20. The molecule has 3 rings (SSSR count). The first-order chi connectivity index (χ1) is 10.6. The van der Waals surface area contributed by atoms with Crippen molar-refractivity contribution in [2.75, 3.05) is 5.75 Å². The number of aromatic nitrogens is 2. The maximum absolute atomic E-state index is 6.40. The number of hydrogen-bond acceptors (Lipinski definition) is 3. The lowest BCUT2D eigenvalue weighted by atomic mass is 10.1. The molecular weight excluding hydrogens is 355 g/mol. The van der Waals surface area contributed by atoms with Crippen LogP contribution in [0.5, 0.6) is 0 Å². The SMILES string of the molecule is CCC1CSC(Cc2ccc(Cl)cc2Cl)(Cn2ccnc2)S1. The molecule has 1 aliphatic rings. The summed E-state index contributed by atoms with van der Waals surface area (Å²) in [6.07, 6.45) is 7.91. The van der Waals surface area contributed by atoms with Gasteiger partial charge >= 0.3 is 0 Å². The Morgan fingerprint density at radius 1 is 1.41 bits per heavy atom. The molecular formula is C16H18Cl2N2S2. The van der Waals surface area contributed by atoms with Gasteiger partial charge in [-0.25, -0.2) is 4.98 Å². The van der Waals surface area contributed by atoms with Crippen molar-refractivity contribution >= 4 is 46.7 Å². The molecule has 118 valence electrons. The molecule has 0 spiro atoms. The Kier molecular flexibility index (Phi) is 5.33. The number of rotatable bonds is 5. The van der Waals surface area contributed by atoms with Crippen molar-refractivity contribution < 1.29 is 0 Å². The predicted octanol–water partition coefficient (Wildman–Crippen LogP) is 5.39. The maximum Gasteiger partial charge on any atom is 0.0946 e. The molecule has 0 N–H and O–H groups in total. The average Bonchev–Trinajstić information content (AvgIpc) is 3.13. The maximum atomic E-state index is 6.40. The highest BCUT2D eigenvalue weighted by Crippen LogP contribution is 2.52. The molecule has 1 aromatic carbocycles. The fourth-order valence-corrected chi connectivity index (χ4v) is 6.96. The van der Waals surface area contributed by atoms with Crippen LogP contribution in [0, 0.1) is 0 Å². The van der Waals surface area contributed by atoms with E-state index in [0.717, 1.165) is 18.0 Å². The second-order valence-electron chi connectivity index (χ2n) is 5.52. The number of nitrogens with zero attached hydrogens (tertiary/aromatic N) is 2. The summed E-state index contributed by atoms with van der Waals surface area (Å²) in [6, 6.07) is 5.82. The molecule has 1 aliphatic heterocycles. The molecule has 0 saturated carbocycles. The third-order valence-electron chi connectivity index (χ3n) is 3.83. The number of hydrogen-bond donors (Lipinski definition) is 0. The van der Waals surface area contributed by atoms with Crippen LogP contribution in [0.2, 0.25) is 10.0 Å². The Balaban J connectivity index is 1.85. The van der Waals surface area contributed by atoms with Gasteiger partial charge in [0.1, 0.15) is 0 Å². The first-order valence-electron chi connectivity index (χ1n) is 7.32. The Bertz CT molecular complexity index is 633. The average molecular weight is 373 g/mol. The molecule has 1 fully saturated rings. The highest BCUT2D eigenvalue weighted by Gasteiger charge is 2.41. The second kappa shape index (κ2) is 7.08. The molecule has 6 heteroatoms. The Morgan fingerprint density at radius 2 is 2.27 bits per heavy atom. The van der Waals surface area contributed by atoms with E-state index >= 15 is 0 Å². The van der Waals surface area contributed by atoms with Crippen LogP contribution < -0.4 is 0 Å². The van der Waals surface area contributed by atoms with Crippen molar-refractivity contribution in [2.24, 2.45) is 0 Å². The van der Waals surface area contributed by atoms with Gasteiger partial charge in [-0.15, -0.1) is 23.5 Å². The van der Waals surface area contributed by atoms with E-state index in [0.29, 0.717) is 10.3 Å². The van der Waals surface area contributed by atoms with Gasteiger partial charge in [0.05, 0.1) is 10.4 Å². The van der Waals surface area contributed by atoms with Crippen molar-refractivity contribution in [2.45, 2.75) is 35.6 Å². The van der Waals surface area contributed by atoms with Crippen LogP contribution in [-0.4, -0.2) is 24.6 Å². The van der Waals surface area contributed by atoms with E-state index in [1.54, 1.807) is 0 Å². The standard InChI is InChI=1S/C16H18Cl2N2S2/c1-2-14-9-21-16(22-14,10-20-6-5-19-11-20)8-12-3-4-13(17)7-15(12)18/h3-7,11,14H,2,8-10H2,1H3. The second-order valence-corrected chi connectivity index (χ2v) is 9.71. The molecule has 2 nitrogen and oxygen atoms in total. The van der Waals surface area contributed by atoms with Crippen LogP contribution in [0.4, 0.5) is 0 Å². The molecule has 0 aliphatic carbocycles. The summed E-state index contributed by atoms with van der Waals surface area (Å²) in [5.41, 5.74) is 1.17. The van der Waals surface area contributed by atoms with Gasteiger partial charge in [-0.3, -0.25) is 0 Å². The monoisotopic (exact) mass is 372 g/mol. The van der Waals surface area contributed by atoms with E-state index in [1.807, 2.05) is 30.9 Å². The van der Waals surface area contributed by atoms with Gasteiger partial charge in [0.15, 0.2) is 0 Å². The lowest BCUT2D eigenvalue weighted by Crippen LogP contribution is -2.27. The normalized spacial score (nSPS) is 24.8. The lowest BCUT2D eigenvalue weighted by molar-refractivity contribution is 0.625. The van der Waals surface area contributed by atoms with Crippen LogP contribution in [-0.2, 0) is 13.0 Å². The predicted molar refractivity (Wildman–Crippen MR) is 99.3 cm³/mol. The first-order valence-corrected chi connectivity index (χ1v) is 9.94. The molecule has 0 amide bonds. The van der Waals surface area contributed by atoms with Crippen molar-refractivity contribution in [3.63, 3.8) is 0 Å². The number of thioether (sulfide) groups is 2. The van der Waals surface area contributed by atoms with E-state index in [-0.39, 0.29) is 4.08 Å². The Labute approximate surface area is 150 Å². The minimum absolute atomic E-state index is 0.110. The fourth-order valence-electron chi connectivity index (χ4n) is 2.66. The van der Waals surface area contributed by atoms with Crippen LogP contribution in [0.15, 0.2) is 36.9 Å². The van der Waals surface area contributed by atoms with E-state index < -0.39 is 0 Å². The molecule has 1 saturated heterocycles. The highest BCUT2D eigenvalue weighted by atomic mass is 35.5. The topological polar surface area (TPSA) is 17.8 Å². The third kappa shape index (κ3) is 3.78. The van der Waals surface area contributed by atoms with Gasteiger partial charge in [-0.05, 0) is 30.5 Å². The van der Waals surface area contributed by atoms with Gasteiger partial charge in [0.25, 0.3) is 0 Å². The largest absolute Gasteiger partial charge is 0.335 e. The van der Waals surface area contributed by atoms with Crippen molar-refractivity contribution in [3.8, 4) is 0 Å². The fraction of sp³-hybridized carbons (Fsp3) is 0.438. The van der Waals surface area contributed by atoms with E-state index in [4.69, 9.17) is 23.2 Å². The van der Waals surface area contributed by atoms with Crippen LogP contribution >= 0.6 is 46.7 Å². The highest BCUT2D eigenvalue weighted by molar-refractivity contribution is 8.21. The molecule has 2 atom stereocenters. The summed E-state index contributed by atoms with van der Waals surface area (Å²) < 4.78 is 2.28. The molecule has 1 aromatic heterocycles. The molecule has 0 radical (unpaired) electrons. The van der Waals surface area contributed by atoms with Gasteiger partial charge in [-0.1, -0.05) is 36.2 Å². The van der Waals surface area contributed by atoms with E-state index in [2.05, 4.69) is 46.1 Å². The molecule has 0 bridgehead atoms. The van der Waals surface area contributed by atoms with Gasteiger partial charge in [0.2, 0.25) is 0 Å². The van der Waals surface area contributed by atoms with Crippen molar-refractivity contribution in [3.05, 3.63) is 52.5 Å². The zero-order valence-corrected chi connectivity index (χ0v) is 15.5. The summed E-state index contributed by atoms with van der Waals surface area (Å²) in [5, 5.41) is 2.16. The summed E-state index contributed by atoms with van der Waals surface area (Å²) in [6.45, 7) is 3.21. The Morgan fingerprint density at radius 3 is 2.91 bits per heavy atom. The van der Waals surface area contributed by atoms with Crippen LogP contribution in [0.3, 0.4) is 0 Å². The molecule has 22 heavy (non-hydrogen) atoms. The van der Waals surface area contributed by atoms with Crippen LogP contribution in [0.25, 0.3) is 0 Å². The minimum Gasteiger partial charge on any atom is -0.335 e. The Hall–Kier alpha value is -0.290. The van der Waals surface area contributed by atoms with Crippen LogP contribution in [0.1, 0.15) is 18.9 Å². The van der Waals surface area contributed by atoms with E-state index in [1.165, 1.54) is 17.7 Å². The quantitative estimate of drug-likeness (QED) is 0.700. The van der Waals surface area contributed by atoms with Gasteiger partial charge in [-0.2, -0.15) is 0 Å². The van der Waals surface area contributed by atoms with E-state index in [9.17, 15) is 0 Å². The number of benzene rings is 1. The summed E-state index contributed by atoms with van der Waals surface area (Å²) in [7, 11) is 0. The molecule has 2 unspecified atom stereocenters. The smallest absolute Gasteiger partial charge is 0.0946 e. The first kappa shape index (κ1) is 16.6. The van der Waals surface area contributed by atoms with Crippen molar-refractivity contribution in [1.82, 2.24) is 9.55 Å². The van der Waals surface area contributed by atoms with Gasteiger partial charge in [0, 0.05) is 40.0 Å². The zero-order valence-electron chi connectivity index (χ0n) is 12.3. The summed E-state index contributed by atoms with van der Waals surface area (Å²) in [4.78, 5) is 4.17. The van der Waals surface area contributed by atoms with Gasteiger partial charge < -0.3 is 4.57 Å². The minimum atomic E-state index is 0.110. The number of imidazole rings is 1. The lowest BCUT2D eigenvalue weighted by Gasteiger charge is -2.29. The number of halogens is 2. The molecule has 2 aromatic rings. The zero-order chi connectivity index (χ0) is 15.6. The summed E-state index contributed by atoms with van der Waals surface area (Å²) >= 11 is 16.6. The third-order valence-corrected chi connectivity index (χ3v) is 8.17.